The van der Waals surface area contributed by atoms with Crippen molar-refractivity contribution in [1.82, 2.24) is 0 Å². The third-order valence-corrected chi connectivity index (χ3v) is 28.9. The van der Waals surface area contributed by atoms with Gasteiger partial charge >= 0.3 is 0 Å². The molecule has 476 valence electrons. The van der Waals surface area contributed by atoms with Gasteiger partial charge in [0.15, 0.2) is 21.4 Å². The number of hydrogen-bond donors (Lipinski definition) is 0. The fraction of sp³-hybridized carbons (Fsp3) is 0. The third kappa shape index (κ3) is 9.84. The summed E-state index contributed by atoms with van der Waals surface area (Å²) in [5.41, 5.74) is 15.2. The molecule has 0 unspecified atom stereocenters. The molecule has 10 heteroatoms. The van der Waals surface area contributed by atoms with E-state index in [-0.39, 0.29) is 0 Å². The lowest BCUT2D eigenvalue weighted by molar-refractivity contribution is 0.592. The second-order valence-electron chi connectivity index (χ2n) is 25.4. The van der Waals surface area contributed by atoms with Crippen LogP contribution in [0.2, 0.25) is 0 Å². The van der Waals surface area contributed by atoms with Gasteiger partial charge < -0.3 is 33.3 Å². The normalized spacial score (nSPS) is 16.6. The van der Waals surface area contributed by atoms with Crippen LogP contribution in [-0.2, 0) is 13.7 Å². The zero-order valence-electron chi connectivity index (χ0n) is 54.2. The molecule has 0 saturated heterocycles. The number of rotatable bonds is 15. The molecule has 0 atom stereocenters. The molecular weight excluding hydrogens is 1280 g/mol. The Morgan fingerprint density at radius 2 is 0.360 bits per heavy atom. The van der Waals surface area contributed by atoms with Crippen molar-refractivity contribution in [1.29, 1.82) is 0 Å². The van der Waals surface area contributed by atoms with Crippen LogP contribution in [0.4, 0.5) is 68.2 Å². The Kier molecular flexibility index (Phi) is 14.9. The summed E-state index contributed by atoms with van der Waals surface area (Å²) in [6.45, 7) is 0. The summed E-state index contributed by atoms with van der Waals surface area (Å²) >= 11 is 0. The van der Waals surface area contributed by atoms with E-state index >= 15 is 13.7 Å². The van der Waals surface area contributed by atoms with Crippen molar-refractivity contribution in [3.63, 3.8) is 0 Å². The van der Waals surface area contributed by atoms with E-state index < -0.39 is 21.4 Å². The third-order valence-electron chi connectivity index (χ3n) is 19.7. The van der Waals surface area contributed by atoms with Gasteiger partial charge in [0.1, 0.15) is 0 Å². The van der Waals surface area contributed by atoms with Crippen molar-refractivity contribution in [2.75, 3.05) is 19.6 Å². The lowest BCUT2D eigenvalue weighted by Crippen LogP contribution is -2.53. The minimum absolute atomic E-state index is 0.547. The zero-order valence-corrected chi connectivity index (χ0v) is 56.9. The van der Waals surface area contributed by atoms with E-state index in [9.17, 15) is 0 Å². The van der Waals surface area contributed by atoms with E-state index in [1.54, 1.807) is 0 Å². The molecule has 0 amide bonds. The first-order chi connectivity index (χ1) is 49.2. The highest BCUT2D eigenvalue weighted by atomic mass is 31.2. The Labute approximate surface area is 582 Å². The van der Waals surface area contributed by atoms with Crippen molar-refractivity contribution in [3.8, 4) is 33.4 Å². The quantitative estimate of drug-likeness (QED) is 0.0948. The smallest absolute Gasteiger partial charge is 0.175 e. The van der Waals surface area contributed by atoms with Crippen molar-refractivity contribution < 1.29 is 13.7 Å². The molecule has 0 aliphatic carbocycles. The second kappa shape index (κ2) is 24.6. The second-order valence-corrected chi connectivity index (χ2v) is 33.5. The van der Waals surface area contributed by atoms with Gasteiger partial charge in [0, 0.05) is 98.9 Å². The van der Waals surface area contributed by atoms with Crippen LogP contribution in [0.3, 0.4) is 0 Å². The summed E-state index contributed by atoms with van der Waals surface area (Å²) in [6, 6.07) is 130. The fourth-order valence-electron chi connectivity index (χ4n) is 15.2. The average Bonchev–Trinajstić information content (AvgIpc) is 0.652. The van der Waals surface area contributed by atoms with Gasteiger partial charge in [-0.25, -0.2) is 0 Å². The number of anilines is 12. The van der Waals surface area contributed by atoms with Crippen LogP contribution in [0, 0.1) is 0 Å². The molecule has 3 heterocycles. The van der Waals surface area contributed by atoms with Gasteiger partial charge in [-0.3, -0.25) is 0 Å². The van der Waals surface area contributed by atoms with Crippen molar-refractivity contribution in [2.45, 2.75) is 0 Å². The molecule has 7 nitrogen and oxygen atoms in total. The van der Waals surface area contributed by atoms with Crippen molar-refractivity contribution >= 4 is 137 Å². The first kappa shape index (κ1) is 60.6. The summed E-state index contributed by atoms with van der Waals surface area (Å²) in [4.78, 5) is 8.97. The molecule has 0 bridgehead atoms. The highest BCUT2D eigenvalue weighted by Crippen LogP contribution is 2.66. The number of para-hydroxylation sites is 6. The largest absolute Gasteiger partial charge is 0.310 e. The molecule has 3 aliphatic rings. The Bertz CT molecular complexity index is 5000. The van der Waals surface area contributed by atoms with E-state index in [4.69, 9.17) is 0 Å². The molecule has 0 spiro atoms. The molecule has 100 heavy (non-hydrogen) atoms. The maximum absolute atomic E-state index is 18.7. The Hall–Kier alpha value is -11.8. The SMILES string of the molecule is O=P1(c2ccccc2)c2cc(-c3cccc(N(c4ccccc4)c4ccccc4)c3)cc3c2N2c4c1cc(-c1cccc(N(c5ccccc5)c5ccccc5)c1)cc4P(=O)(c1ccccc1)c1cc(-c4cccc(N(c5ccccc5)c5ccccc5)c4)cc(c12)P3(=O)c1ccccc1. The first-order valence-corrected chi connectivity index (χ1v) is 38.7. The number of hydrogen-bond acceptors (Lipinski definition) is 7. The van der Waals surface area contributed by atoms with Gasteiger partial charge in [0.25, 0.3) is 0 Å². The van der Waals surface area contributed by atoms with Crippen molar-refractivity contribution in [2.24, 2.45) is 0 Å². The number of nitrogens with zero attached hydrogens (tertiary/aromatic N) is 4. The molecule has 0 radical (unpaired) electrons. The van der Waals surface area contributed by atoms with E-state index in [2.05, 4.69) is 274 Å². The van der Waals surface area contributed by atoms with Crippen LogP contribution >= 0.6 is 21.4 Å². The predicted molar refractivity (Wildman–Crippen MR) is 420 cm³/mol. The summed E-state index contributed by atoms with van der Waals surface area (Å²) < 4.78 is 56.0. The first-order valence-electron chi connectivity index (χ1n) is 33.6. The molecule has 15 aromatic rings. The van der Waals surface area contributed by atoms with Gasteiger partial charge in [-0.2, -0.15) is 0 Å². The van der Waals surface area contributed by atoms with E-state index in [1.807, 2.05) is 127 Å². The molecule has 0 aromatic heterocycles. The van der Waals surface area contributed by atoms with Crippen LogP contribution < -0.4 is 67.3 Å². The number of benzene rings is 15. The van der Waals surface area contributed by atoms with Gasteiger partial charge in [0.2, 0.25) is 0 Å². The van der Waals surface area contributed by atoms with Gasteiger partial charge in [-0.1, -0.05) is 237 Å². The topological polar surface area (TPSA) is 64.2 Å². The minimum Gasteiger partial charge on any atom is -0.310 e. The van der Waals surface area contributed by atoms with Crippen molar-refractivity contribution in [3.05, 3.63) is 382 Å². The lowest BCUT2D eigenvalue weighted by Gasteiger charge is -2.49. The summed E-state index contributed by atoms with van der Waals surface area (Å²) in [6.07, 6.45) is 0. The Morgan fingerprint density at radius 1 is 0.180 bits per heavy atom. The zero-order chi connectivity index (χ0) is 66.9. The maximum atomic E-state index is 18.7. The van der Waals surface area contributed by atoms with Crippen LogP contribution in [0.25, 0.3) is 33.4 Å². The summed E-state index contributed by atoms with van der Waals surface area (Å²) in [5.74, 6) is 0. The fourth-order valence-corrected chi connectivity index (χ4v) is 24.7. The molecule has 0 saturated carbocycles. The minimum atomic E-state index is -4.18. The molecular formula is C90H63N4O3P3. The standard InChI is InChI=1S/C90H63N4O3P3/c95-98(79-49-22-7-23-50-79)82-58-67(64-31-28-46-76(55-64)91(70-34-10-1-11-35-70)71-36-12-2-13-37-71)59-83-88(82)94-89-84(98)60-68(65-32-29-47-77(56-65)92(72-38-14-3-15-39-72)73-40-16-4-17-41-73)62-86(89)100(97,81-53-26-9-27-54-81)87-63-69(61-85(90(87)94)99(83,96)80-51-24-8-25-52-80)66-33-30-48-78(57-66)93(74-42-18-5-19-43-74)75-44-20-6-21-45-75/h1-63H. The van der Waals surface area contributed by atoms with Crippen LogP contribution in [0.1, 0.15) is 0 Å². The molecule has 0 N–H and O–H groups in total. The average molecular weight is 1340 g/mol. The Balaban J connectivity index is 0.964. The van der Waals surface area contributed by atoms with E-state index in [0.29, 0.717) is 64.8 Å². The lowest BCUT2D eigenvalue weighted by atomic mass is 10.00. The van der Waals surface area contributed by atoms with Gasteiger partial charge in [-0.05, 0) is 179 Å². The van der Waals surface area contributed by atoms with Crippen LogP contribution in [-0.4, -0.2) is 0 Å². The maximum Gasteiger partial charge on any atom is 0.175 e. The molecule has 3 aliphatic heterocycles. The molecule has 15 aromatic carbocycles. The highest BCUT2D eigenvalue weighted by Gasteiger charge is 2.57. The molecule has 18 rings (SSSR count). The molecule has 0 fully saturated rings. The van der Waals surface area contributed by atoms with E-state index in [0.717, 1.165) is 84.6 Å². The van der Waals surface area contributed by atoms with Gasteiger partial charge in [0.05, 0.1) is 17.1 Å². The highest BCUT2D eigenvalue weighted by molar-refractivity contribution is 7.90. The monoisotopic (exact) mass is 1340 g/mol. The summed E-state index contributed by atoms with van der Waals surface area (Å²) in [7, 11) is -12.5. The van der Waals surface area contributed by atoms with Crippen LogP contribution in [0.5, 0.6) is 0 Å². The van der Waals surface area contributed by atoms with Crippen LogP contribution in [0.15, 0.2) is 382 Å². The summed E-state index contributed by atoms with van der Waals surface area (Å²) in [5, 5.41) is 5.09. The van der Waals surface area contributed by atoms with Gasteiger partial charge in [-0.15, -0.1) is 0 Å². The van der Waals surface area contributed by atoms with E-state index in [1.165, 1.54) is 0 Å². The Morgan fingerprint density at radius 3 is 0.560 bits per heavy atom. The predicted octanol–water partition coefficient (Wildman–Crippen LogP) is 20.4.